The molecule has 0 fully saturated rings. The molecule has 0 aliphatic rings. The smallest absolute Gasteiger partial charge is 0.220 e. The summed E-state index contributed by atoms with van der Waals surface area (Å²) in [5.41, 5.74) is 12.9. The number of imidazole rings is 2. The third kappa shape index (κ3) is 4.05. The van der Waals surface area contributed by atoms with Crippen LogP contribution in [0.25, 0.3) is 94.8 Å². The van der Waals surface area contributed by atoms with Crippen LogP contribution in [0.4, 0.5) is 0 Å². The van der Waals surface area contributed by atoms with E-state index in [2.05, 4.69) is 118 Å². The molecule has 0 atom stereocenters. The summed E-state index contributed by atoms with van der Waals surface area (Å²) < 4.78 is 16.8. The summed E-state index contributed by atoms with van der Waals surface area (Å²) in [5, 5.41) is 3.17. The summed E-state index contributed by atoms with van der Waals surface area (Å²) in [6.07, 6.45) is 9.85. The number of terminal acetylenes is 1. The quantitative estimate of drug-likeness (QED) is 0.182. The Hall–Kier alpha value is -6.77. The summed E-state index contributed by atoms with van der Waals surface area (Å²) >= 11 is 0. The third-order valence-corrected chi connectivity index (χ3v) is 9.52. The Morgan fingerprint density at radius 2 is 1.27 bits per heavy atom. The van der Waals surface area contributed by atoms with Gasteiger partial charge in [-0.05, 0) is 108 Å². The van der Waals surface area contributed by atoms with Crippen molar-refractivity contribution in [3.8, 4) is 40.3 Å². The van der Waals surface area contributed by atoms with Crippen LogP contribution in [0.15, 0.2) is 142 Å². The van der Waals surface area contributed by atoms with Gasteiger partial charge in [0.15, 0.2) is 5.76 Å². The Balaban J connectivity index is 1.27. The first-order chi connectivity index (χ1) is 24.2. The largest absolute Gasteiger partial charge is 0.456 e. The van der Waals surface area contributed by atoms with E-state index in [0.29, 0.717) is 5.76 Å². The molecule has 5 nitrogen and oxygen atoms in total. The molecule has 230 valence electrons. The van der Waals surface area contributed by atoms with E-state index in [4.69, 9.17) is 20.2 Å². The predicted molar refractivity (Wildman–Crippen MR) is 200 cm³/mol. The Morgan fingerprint density at radius 3 is 2.04 bits per heavy atom. The highest BCUT2D eigenvalue weighted by atomic mass is 16.3. The second-order valence-electron chi connectivity index (χ2n) is 12.3. The number of allylic oxidation sites excluding steroid dienone is 1. The van der Waals surface area contributed by atoms with Crippen LogP contribution in [-0.2, 0) is 0 Å². The zero-order valence-electron chi connectivity index (χ0n) is 26.5. The van der Waals surface area contributed by atoms with Crippen LogP contribution in [0.2, 0.25) is 0 Å². The van der Waals surface area contributed by atoms with Crippen molar-refractivity contribution in [2.24, 2.45) is 0 Å². The molecular weight excluding hydrogens is 603 g/mol. The zero-order valence-corrected chi connectivity index (χ0v) is 26.5. The minimum absolute atomic E-state index is 0.535. The number of nitrogens with zero attached hydrogens (tertiary/aromatic N) is 3. The number of furan rings is 2. The standard InChI is InChI=1S/C44H27N3O2/c1-3-11-32-34-25-27(18-20-42(34)48-40(32)4-2)29-22-30(28-19-21-43-35(26-28)33-12-5-10-17-41(33)49-43)24-31(23-29)46-38-15-8-9-16-39(38)47-37-14-7-6-13-36(37)45-44(46)47/h2-3,5-26H,1H3/b11-3-. The number of fused-ring (bicyclic) bond motifs is 9. The summed E-state index contributed by atoms with van der Waals surface area (Å²) in [5.74, 6) is 4.12. The lowest BCUT2D eigenvalue weighted by atomic mass is 9.95. The molecule has 0 radical (unpaired) electrons. The molecule has 4 heterocycles. The van der Waals surface area contributed by atoms with Gasteiger partial charge in [0.25, 0.3) is 0 Å². The number of aromatic nitrogens is 3. The molecule has 0 N–H and O–H groups in total. The second-order valence-corrected chi connectivity index (χ2v) is 12.3. The van der Waals surface area contributed by atoms with Gasteiger partial charge in [0, 0.05) is 21.7 Å². The van der Waals surface area contributed by atoms with Crippen LogP contribution < -0.4 is 0 Å². The maximum atomic E-state index is 6.18. The molecule has 10 aromatic rings. The first kappa shape index (κ1) is 27.4. The maximum absolute atomic E-state index is 6.18. The first-order valence-corrected chi connectivity index (χ1v) is 16.3. The molecule has 10 rings (SSSR count). The van der Waals surface area contributed by atoms with Gasteiger partial charge >= 0.3 is 0 Å². The van der Waals surface area contributed by atoms with Gasteiger partial charge in [-0.3, -0.25) is 8.97 Å². The molecule has 5 heteroatoms. The summed E-state index contributed by atoms with van der Waals surface area (Å²) in [6.45, 7) is 1.99. The molecule has 0 bridgehead atoms. The molecule has 0 spiro atoms. The maximum Gasteiger partial charge on any atom is 0.220 e. The van der Waals surface area contributed by atoms with E-state index in [1.54, 1.807) is 0 Å². The molecule has 4 aromatic heterocycles. The number of benzene rings is 6. The molecule has 0 aliphatic heterocycles. The lowest BCUT2D eigenvalue weighted by molar-refractivity contribution is 0.600. The van der Waals surface area contributed by atoms with Gasteiger partial charge in [0.2, 0.25) is 5.78 Å². The molecule has 49 heavy (non-hydrogen) atoms. The van der Waals surface area contributed by atoms with Crippen LogP contribution in [0, 0.1) is 12.3 Å². The van der Waals surface area contributed by atoms with Crippen molar-refractivity contribution in [3.63, 3.8) is 0 Å². The summed E-state index contributed by atoms with van der Waals surface area (Å²) in [7, 11) is 0. The minimum atomic E-state index is 0.535. The zero-order chi connectivity index (χ0) is 32.6. The highest BCUT2D eigenvalue weighted by molar-refractivity contribution is 6.06. The molecule has 0 unspecified atom stereocenters. The Morgan fingerprint density at radius 1 is 0.612 bits per heavy atom. The third-order valence-electron chi connectivity index (χ3n) is 9.52. The van der Waals surface area contributed by atoms with Gasteiger partial charge in [-0.1, -0.05) is 66.7 Å². The molecular formula is C44H27N3O2. The number of hydrogen-bond acceptors (Lipinski definition) is 3. The monoisotopic (exact) mass is 629 g/mol. The minimum Gasteiger partial charge on any atom is -0.456 e. The fourth-order valence-corrected chi connectivity index (χ4v) is 7.32. The fourth-order valence-electron chi connectivity index (χ4n) is 7.32. The van der Waals surface area contributed by atoms with E-state index in [0.717, 1.165) is 94.3 Å². The van der Waals surface area contributed by atoms with E-state index in [9.17, 15) is 0 Å². The Bertz CT molecular complexity index is 3030. The number of para-hydroxylation sites is 5. The average Bonchev–Trinajstić information content (AvgIpc) is 3.89. The van der Waals surface area contributed by atoms with Gasteiger partial charge in [-0.25, -0.2) is 4.98 Å². The summed E-state index contributed by atoms with van der Waals surface area (Å²) in [4.78, 5) is 5.16. The second kappa shape index (κ2) is 10.4. The molecule has 0 aliphatic carbocycles. The van der Waals surface area contributed by atoms with Crippen LogP contribution in [0.5, 0.6) is 0 Å². The van der Waals surface area contributed by atoms with Crippen LogP contribution in [-0.4, -0.2) is 14.0 Å². The van der Waals surface area contributed by atoms with Gasteiger partial charge < -0.3 is 8.83 Å². The topological polar surface area (TPSA) is 48.5 Å². The first-order valence-electron chi connectivity index (χ1n) is 16.3. The van der Waals surface area contributed by atoms with Gasteiger partial charge in [-0.15, -0.1) is 6.42 Å². The molecule has 0 saturated heterocycles. The Labute approximate surface area is 280 Å². The van der Waals surface area contributed by atoms with E-state index in [1.807, 2.05) is 43.3 Å². The highest BCUT2D eigenvalue weighted by Gasteiger charge is 2.19. The van der Waals surface area contributed by atoms with E-state index >= 15 is 0 Å². The lowest BCUT2D eigenvalue weighted by Gasteiger charge is -2.13. The Kier molecular flexibility index (Phi) is 5.79. The SMILES string of the molecule is C#Cc1oc2ccc(-c3cc(-c4ccc5oc6ccccc6c5c4)cc(-n4c5ccccc5n5c6ccccc6nc45)c3)cc2c1/C=C\C. The normalized spacial score (nSPS) is 12.1. The van der Waals surface area contributed by atoms with E-state index < -0.39 is 0 Å². The van der Waals surface area contributed by atoms with E-state index in [1.165, 1.54) is 0 Å². The fraction of sp³-hybridized carbons (Fsp3) is 0.0227. The molecule has 0 amide bonds. The van der Waals surface area contributed by atoms with Crippen LogP contribution >= 0.6 is 0 Å². The van der Waals surface area contributed by atoms with Crippen molar-refractivity contribution in [1.82, 2.24) is 14.0 Å². The van der Waals surface area contributed by atoms with Crippen LogP contribution in [0.3, 0.4) is 0 Å². The van der Waals surface area contributed by atoms with Crippen molar-refractivity contribution in [1.29, 1.82) is 0 Å². The van der Waals surface area contributed by atoms with Crippen molar-refractivity contribution >= 4 is 66.8 Å². The number of rotatable bonds is 4. The van der Waals surface area contributed by atoms with Crippen molar-refractivity contribution in [2.45, 2.75) is 6.92 Å². The molecule has 6 aromatic carbocycles. The van der Waals surface area contributed by atoms with Gasteiger partial charge in [0.05, 0.1) is 27.8 Å². The van der Waals surface area contributed by atoms with Gasteiger partial charge in [0.1, 0.15) is 16.7 Å². The van der Waals surface area contributed by atoms with Crippen molar-refractivity contribution in [3.05, 3.63) is 145 Å². The van der Waals surface area contributed by atoms with Crippen molar-refractivity contribution < 1.29 is 8.83 Å². The number of hydrogen-bond donors (Lipinski definition) is 0. The van der Waals surface area contributed by atoms with Crippen molar-refractivity contribution in [2.75, 3.05) is 0 Å². The lowest BCUT2D eigenvalue weighted by Crippen LogP contribution is -1.97. The van der Waals surface area contributed by atoms with Gasteiger partial charge in [-0.2, -0.15) is 0 Å². The van der Waals surface area contributed by atoms with E-state index in [-0.39, 0.29) is 0 Å². The average molecular weight is 630 g/mol. The summed E-state index contributed by atoms with van der Waals surface area (Å²) in [6, 6.07) is 44.5. The van der Waals surface area contributed by atoms with Crippen LogP contribution in [0.1, 0.15) is 18.2 Å². The highest BCUT2D eigenvalue weighted by Crippen LogP contribution is 2.38. The predicted octanol–water partition coefficient (Wildman–Crippen LogP) is 11.4. The molecule has 0 saturated carbocycles.